The van der Waals surface area contributed by atoms with Gasteiger partial charge in [0.2, 0.25) is 6.10 Å². The predicted octanol–water partition coefficient (Wildman–Crippen LogP) is 2.06. The largest absolute Gasteiger partial charge is 0.633 e. The number of likely N-dealkylation sites (N-methyl/N-ethyl adjacent to an activating group) is 1. The maximum atomic E-state index is 13.8. The molecule has 2 aromatic carbocycles. The molecular formula is C22H26N2O7S. The first-order valence-corrected chi connectivity index (χ1v) is 11.5. The van der Waals surface area contributed by atoms with Gasteiger partial charge in [0.15, 0.2) is 9.84 Å². The lowest BCUT2D eigenvalue weighted by atomic mass is 10.1. The first-order valence-electron chi connectivity index (χ1n) is 9.95. The number of nitrogens with zero attached hydrogens (tertiary/aromatic N) is 2. The minimum Gasteiger partial charge on any atom is -0.633 e. The van der Waals surface area contributed by atoms with E-state index >= 15 is 0 Å². The van der Waals surface area contributed by atoms with Crippen LogP contribution in [0.3, 0.4) is 0 Å². The number of carbonyl (C=O) groups excluding carboxylic acids is 2. The molecule has 0 fully saturated rings. The van der Waals surface area contributed by atoms with Gasteiger partial charge in [-0.2, -0.15) is 0 Å². The zero-order valence-corrected chi connectivity index (χ0v) is 19.2. The van der Waals surface area contributed by atoms with E-state index in [-0.39, 0.29) is 29.2 Å². The molecule has 9 nitrogen and oxygen atoms in total. The standard InChI is InChI=1S/C22H26N2O7S/c1-15(25)31-20-21(16-9-11-17(30-4)12-10-16)32(28,29)19-8-6-5-7-18(19)23(22(20)26)13-14-24(2,3)27/h5-12,20-21H,13-14H2,1-4H3/t20-,21+/m1/s1. The van der Waals surface area contributed by atoms with Crippen molar-refractivity contribution in [2.24, 2.45) is 0 Å². The van der Waals surface area contributed by atoms with Crippen LogP contribution in [0, 0.1) is 5.21 Å². The lowest BCUT2D eigenvalue weighted by Gasteiger charge is -2.36. The molecule has 3 rings (SSSR count). The van der Waals surface area contributed by atoms with Gasteiger partial charge in [0.05, 0.1) is 44.9 Å². The Labute approximate surface area is 187 Å². The minimum atomic E-state index is -4.17. The quantitative estimate of drug-likeness (QED) is 0.367. The van der Waals surface area contributed by atoms with Crippen molar-refractivity contribution in [3.05, 3.63) is 59.3 Å². The molecule has 0 radical (unpaired) electrons. The van der Waals surface area contributed by atoms with Crippen molar-refractivity contribution in [2.45, 2.75) is 23.2 Å². The van der Waals surface area contributed by atoms with Crippen LogP contribution in [-0.2, 0) is 24.2 Å². The Hall–Kier alpha value is -2.95. The number of quaternary nitrogens is 1. The van der Waals surface area contributed by atoms with Gasteiger partial charge in [0.25, 0.3) is 5.91 Å². The summed E-state index contributed by atoms with van der Waals surface area (Å²) in [6.07, 6.45) is -1.62. The summed E-state index contributed by atoms with van der Waals surface area (Å²) in [5.41, 5.74) is 0.432. The minimum absolute atomic E-state index is 0.0140. The van der Waals surface area contributed by atoms with Crippen molar-refractivity contribution in [3.63, 3.8) is 0 Å². The molecule has 1 heterocycles. The van der Waals surface area contributed by atoms with E-state index in [0.717, 1.165) is 6.92 Å². The molecule has 1 aliphatic rings. The highest BCUT2D eigenvalue weighted by molar-refractivity contribution is 7.92. The molecule has 2 aromatic rings. The van der Waals surface area contributed by atoms with E-state index in [2.05, 4.69) is 0 Å². The molecule has 0 N–H and O–H groups in total. The summed E-state index contributed by atoms with van der Waals surface area (Å²) in [7, 11) is 0.159. The van der Waals surface area contributed by atoms with Gasteiger partial charge >= 0.3 is 5.97 Å². The maximum Gasteiger partial charge on any atom is 0.303 e. The van der Waals surface area contributed by atoms with Crippen LogP contribution >= 0.6 is 0 Å². The van der Waals surface area contributed by atoms with Crippen molar-refractivity contribution in [1.82, 2.24) is 0 Å². The van der Waals surface area contributed by atoms with Gasteiger partial charge in [-0.25, -0.2) is 8.42 Å². The highest BCUT2D eigenvalue weighted by atomic mass is 32.2. The number of ether oxygens (including phenoxy) is 2. The highest BCUT2D eigenvalue weighted by Gasteiger charge is 2.48. The van der Waals surface area contributed by atoms with Gasteiger partial charge in [-0.15, -0.1) is 0 Å². The first-order chi connectivity index (χ1) is 15.0. The third kappa shape index (κ3) is 4.77. The van der Waals surface area contributed by atoms with E-state index in [1.54, 1.807) is 24.3 Å². The summed E-state index contributed by atoms with van der Waals surface area (Å²) in [4.78, 5) is 26.7. The van der Waals surface area contributed by atoms with E-state index in [1.165, 1.54) is 50.4 Å². The fourth-order valence-corrected chi connectivity index (χ4v) is 5.66. The zero-order valence-electron chi connectivity index (χ0n) is 18.3. The van der Waals surface area contributed by atoms with Crippen LogP contribution < -0.4 is 9.64 Å². The number of fused-ring (bicyclic) bond motifs is 1. The normalized spacial score (nSPS) is 20.3. The van der Waals surface area contributed by atoms with Gasteiger partial charge in [0.1, 0.15) is 11.0 Å². The Bertz CT molecular complexity index is 1110. The molecule has 0 spiro atoms. The van der Waals surface area contributed by atoms with Gasteiger partial charge in [-0.1, -0.05) is 24.3 Å². The number of anilines is 1. The summed E-state index contributed by atoms with van der Waals surface area (Å²) in [6, 6.07) is 12.3. The molecule has 0 unspecified atom stereocenters. The van der Waals surface area contributed by atoms with E-state index in [9.17, 15) is 23.2 Å². The third-order valence-corrected chi connectivity index (χ3v) is 7.33. The fraction of sp³-hybridized carbons (Fsp3) is 0.364. The Kier molecular flexibility index (Phi) is 6.59. The molecule has 172 valence electrons. The van der Waals surface area contributed by atoms with Crippen molar-refractivity contribution in [2.75, 3.05) is 39.2 Å². The Balaban J connectivity index is 2.23. The van der Waals surface area contributed by atoms with Gasteiger partial charge in [0, 0.05) is 6.92 Å². The van der Waals surface area contributed by atoms with Crippen LogP contribution in [0.1, 0.15) is 17.7 Å². The number of esters is 1. The molecule has 0 aromatic heterocycles. The smallest absolute Gasteiger partial charge is 0.303 e. The molecule has 2 atom stereocenters. The number of carbonyl (C=O) groups is 2. The second kappa shape index (κ2) is 8.89. The zero-order chi connectivity index (χ0) is 23.7. The monoisotopic (exact) mass is 462 g/mol. The fourth-order valence-electron chi connectivity index (χ4n) is 3.63. The second-order valence-corrected chi connectivity index (χ2v) is 10.1. The van der Waals surface area contributed by atoms with Crippen LogP contribution in [-0.4, -0.2) is 65.3 Å². The lowest BCUT2D eigenvalue weighted by molar-refractivity contribution is -0.838. The molecule has 1 aliphatic heterocycles. The SMILES string of the molecule is COc1ccc([C@H]2[C@@H](OC(C)=O)C(=O)N(CC[N+](C)(C)[O-])c3ccccc3S2(=O)=O)cc1. The van der Waals surface area contributed by atoms with Gasteiger partial charge in [-0.05, 0) is 29.8 Å². The lowest BCUT2D eigenvalue weighted by Crippen LogP contribution is -2.48. The summed E-state index contributed by atoms with van der Waals surface area (Å²) in [5.74, 6) is -0.987. The van der Waals surface area contributed by atoms with Crippen molar-refractivity contribution in [1.29, 1.82) is 0 Å². The van der Waals surface area contributed by atoms with Crippen LogP contribution in [0.5, 0.6) is 5.75 Å². The molecule has 10 heteroatoms. The topological polar surface area (TPSA) is 113 Å². The van der Waals surface area contributed by atoms with Crippen LogP contribution in [0.25, 0.3) is 0 Å². The number of hydroxylamine groups is 3. The first kappa shape index (κ1) is 23.7. The van der Waals surface area contributed by atoms with Crippen LogP contribution in [0.2, 0.25) is 0 Å². The Morgan fingerprint density at radius 3 is 2.31 bits per heavy atom. The second-order valence-electron chi connectivity index (χ2n) is 8.02. The van der Waals surface area contributed by atoms with Crippen molar-refractivity contribution >= 4 is 27.4 Å². The predicted molar refractivity (Wildman–Crippen MR) is 118 cm³/mol. The van der Waals surface area contributed by atoms with Crippen molar-refractivity contribution in [3.8, 4) is 5.75 Å². The number of amides is 1. The van der Waals surface area contributed by atoms with E-state index in [4.69, 9.17) is 9.47 Å². The molecule has 0 bridgehead atoms. The summed E-state index contributed by atoms with van der Waals surface area (Å²) in [5, 5.41) is 10.7. The Morgan fingerprint density at radius 1 is 1.12 bits per heavy atom. The molecule has 32 heavy (non-hydrogen) atoms. The van der Waals surface area contributed by atoms with Gasteiger partial charge < -0.3 is 24.2 Å². The van der Waals surface area contributed by atoms with E-state index in [0.29, 0.717) is 5.75 Å². The third-order valence-electron chi connectivity index (χ3n) is 5.18. The number of hydrogen-bond acceptors (Lipinski definition) is 7. The number of benzene rings is 2. The highest BCUT2D eigenvalue weighted by Crippen LogP contribution is 2.42. The number of para-hydroxylation sites is 1. The molecular weight excluding hydrogens is 436 g/mol. The molecule has 0 saturated carbocycles. The number of hydrogen-bond donors (Lipinski definition) is 0. The van der Waals surface area contributed by atoms with Crippen molar-refractivity contribution < 1.29 is 32.1 Å². The van der Waals surface area contributed by atoms with E-state index < -0.39 is 37.7 Å². The maximum absolute atomic E-state index is 13.8. The molecule has 1 amide bonds. The van der Waals surface area contributed by atoms with Crippen LogP contribution in [0.4, 0.5) is 5.69 Å². The summed E-state index contributed by atoms with van der Waals surface area (Å²) in [6.45, 7) is 1.08. The Morgan fingerprint density at radius 2 is 1.75 bits per heavy atom. The number of sulfone groups is 1. The van der Waals surface area contributed by atoms with Gasteiger partial charge in [-0.3, -0.25) is 9.59 Å². The number of rotatable bonds is 6. The van der Waals surface area contributed by atoms with E-state index in [1.807, 2.05) is 0 Å². The average molecular weight is 463 g/mol. The summed E-state index contributed by atoms with van der Waals surface area (Å²) < 4.78 is 37.4. The molecule has 0 saturated heterocycles. The summed E-state index contributed by atoms with van der Waals surface area (Å²) >= 11 is 0. The average Bonchev–Trinajstić information content (AvgIpc) is 2.78. The molecule has 0 aliphatic carbocycles. The number of methoxy groups -OCH3 is 1. The van der Waals surface area contributed by atoms with Crippen LogP contribution in [0.15, 0.2) is 53.4 Å².